The van der Waals surface area contributed by atoms with E-state index >= 15 is 0 Å². The SMILES string of the molecule is Cc1cccc(C(=O)Nc2ccccc2CO)n1. The van der Waals surface area contributed by atoms with Crippen molar-refractivity contribution in [3.8, 4) is 0 Å². The number of aliphatic hydroxyl groups excluding tert-OH is 1. The average molecular weight is 242 g/mol. The molecule has 0 unspecified atom stereocenters. The Morgan fingerprint density at radius 3 is 2.72 bits per heavy atom. The van der Waals surface area contributed by atoms with Crippen molar-refractivity contribution < 1.29 is 9.90 Å². The molecule has 0 saturated heterocycles. The number of hydrogen-bond acceptors (Lipinski definition) is 3. The van der Waals surface area contributed by atoms with Crippen LogP contribution in [0.1, 0.15) is 21.7 Å². The number of carbonyl (C=O) groups excluding carboxylic acids is 1. The van der Waals surface area contributed by atoms with Crippen LogP contribution in [0.5, 0.6) is 0 Å². The Balaban J connectivity index is 2.21. The number of nitrogens with one attached hydrogen (secondary N) is 1. The minimum Gasteiger partial charge on any atom is -0.392 e. The van der Waals surface area contributed by atoms with Crippen LogP contribution in [0.4, 0.5) is 5.69 Å². The Hall–Kier alpha value is -2.20. The normalized spacial score (nSPS) is 10.1. The number of aryl methyl sites for hydroxylation is 1. The first-order valence-electron chi connectivity index (χ1n) is 5.64. The summed E-state index contributed by atoms with van der Waals surface area (Å²) in [7, 11) is 0. The number of aliphatic hydroxyl groups is 1. The number of aromatic nitrogens is 1. The van der Waals surface area contributed by atoms with E-state index in [1.165, 1.54) is 0 Å². The first kappa shape index (κ1) is 12.3. The molecule has 0 aliphatic carbocycles. The van der Waals surface area contributed by atoms with Crippen LogP contribution in [0.3, 0.4) is 0 Å². The predicted octanol–water partition coefficient (Wildman–Crippen LogP) is 2.13. The number of pyridine rings is 1. The van der Waals surface area contributed by atoms with Gasteiger partial charge in [-0.25, -0.2) is 4.98 Å². The van der Waals surface area contributed by atoms with Gasteiger partial charge in [-0.1, -0.05) is 24.3 Å². The summed E-state index contributed by atoms with van der Waals surface area (Å²) in [5.74, 6) is -0.278. The Kier molecular flexibility index (Phi) is 3.69. The zero-order valence-electron chi connectivity index (χ0n) is 10.1. The molecule has 4 nitrogen and oxygen atoms in total. The Bertz CT molecular complexity index is 567. The van der Waals surface area contributed by atoms with Crippen LogP contribution in [-0.2, 0) is 6.61 Å². The second-order valence-electron chi connectivity index (χ2n) is 3.93. The molecular weight excluding hydrogens is 228 g/mol. The summed E-state index contributed by atoms with van der Waals surface area (Å²) in [6, 6.07) is 12.4. The van der Waals surface area contributed by atoms with E-state index in [-0.39, 0.29) is 12.5 Å². The van der Waals surface area contributed by atoms with Gasteiger partial charge in [0.2, 0.25) is 0 Å². The molecule has 0 saturated carbocycles. The van der Waals surface area contributed by atoms with Crippen molar-refractivity contribution in [3.63, 3.8) is 0 Å². The van der Waals surface area contributed by atoms with E-state index in [2.05, 4.69) is 10.3 Å². The molecular formula is C14H14N2O2. The number of para-hydroxylation sites is 1. The minimum atomic E-state index is -0.278. The lowest BCUT2D eigenvalue weighted by atomic mass is 10.2. The van der Waals surface area contributed by atoms with Crippen molar-refractivity contribution in [1.82, 2.24) is 4.98 Å². The first-order valence-corrected chi connectivity index (χ1v) is 5.64. The summed E-state index contributed by atoms with van der Waals surface area (Å²) >= 11 is 0. The third kappa shape index (κ3) is 2.73. The van der Waals surface area contributed by atoms with Crippen LogP contribution in [0.2, 0.25) is 0 Å². The van der Waals surface area contributed by atoms with Gasteiger partial charge in [-0.2, -0.15) is 0 Å². The van der Waals surface area contributed by atoms with Crippen molar-refractivity contribution in [2.75, 3.05) is 5.32 Å². The van der Waals surface area contributed by atoms with E-state index in [9.17, 15) is 9.90 Å². The molecule has 1 heterocycles. The molecule has 1 aromatic heterocycles. The maximum Gasteiger partial charge on any atom is 0.274 e. The number of benzene rings is 1. The fourth-order valence-corrected chi connectivity index (χ4v) is 1.64. The van der Waals surface area contributed by atoms with Crippen LogP contribution in [0.15, 0.2) is 42.5 Å². The van der Waals surface area contributed by atoms with Crippen LogP contribution in [0.25, 0.3) is 0 Å². The Labute approximate surface area is 105 Å². The fourth-order valence-electron chi connectivity index (χ4n) is 1.64. The van der Waals surface area contributed by atoms with E-state index in [1.807, 2.05) is 19.1 Å². The number of nitrogens with zero attached hydrogens (tertiary/aromatic N) is 1. The third-order valence-electron chi connectivity index (χ3n) is 2.56. The van der Waals surface area contributed by atoms with E-state index in [1.54, 1.807) is 30.3 Å². The monoisotopic (exact) mass is 242 g/mol. The zero-order valence-corrected chi connectivity index (χ0v) is 10.1. The summed E-state index contributed by atoms with van der Waals surface area (Å²) in [4.78, 5) is 16.1. The van der Waals surface area contributed by atoms with Gasteiger partial charge in [0.25, 0.3) is 5.91 Å². The number of hydrogen-bond donors (Lipinski definition) is 2. The number of anilines is 1. The largest absolute Gasteiger partial charge is 0.392 e. The molecule has 0 aliphatic rings. The van der Waals surface area contributed by atoms with Crippen LogP contribution in [0, 0.1) is 6.92 Å². The van der Waals surface area contributed by atoms with Gasteiger partial charge in [-0.3, -0.25) is 4.79 Å². The van der Waals surface area contributed by atoms with Crippen molar-refractivity contribution in [1.29, 1.82) is 0 Å². The standard InChI is InChI=1S/C14H14N2O2/c1-10-5-4-8-13(15-10)14(18)16-12-7-3-2-6-11(12)9-17/h2-8,17H,9H2,1H3,(H,16,18). The molecule has 0 atom stereocenters. The molecule has 0 fully saturated rings. The number of carbonyl (C=O) groups is 1. The topological polar surface area (TPSA) is 62.2 Å². The Morgan fingerprint density at radius 2 is 2.00 bits per heavy atom. The lowest BCUT2D eigenvalue weighted by Gasteiger charge is -2.08. The molecule has 2 rings (SSSR count). The summed E-state index contributed by atoms with van der Waals surface area (Å²) < 4.78 is 0. The maximum absolute atomic E-state index is 12.0. The van der Waals surface area contributed by atoms with Gasteiger partial charge in [0.15, 0.2) is 0 Å². The average Bonchev–Trinajstić information content (AvgIpc) is 2.39. The van der Waals surface area contributed by atoms with Gasteiger partial charge in [0, 0.05) is 16.9 Å². The molecule has 4 heteroatoms. The molecule has 0 radical (unpaired) electrons. The quantitative estimate of drug-likeness (QED) is 0.866. The fraction of sp³-hybridized carbons (Fsp3) is 0.143. The second kappa shape index (κ2) is 5.42. The third-order valence-corrected chi connectivity index (χ3v) is 2.56. The van der Waals surface area contributed by atoms with Crippen LogP contribution in [-0.4, -0.2) is 16.0 Å². The molecule has 1 aromatic carbocycles. The van der Waals surface area contributed by atoms with Gasteiger partial charge in [0.05, 0.1) is 6.61 Å². The molecule has 2 aromatic rings. The summed E-state index contributed by atoms with van der Waals surface area (Å²) in [5, 5.41) is 11.9. The predicted molar refractivity (Wildman–Crippen MR) is 69.3 cm³/mol. The minimum absolute atomic E-state index is 0.113. The van der Waals surface area contributed by atoms with E-state index in [4.69, 9.17) is 0 Å². The lowest BCUT2D eigenvalue weighted by Crippen LogP contribution is -2.15. The first-order chi connectivity index (χ1) is 8.70. The van der Waals surface area contributed by atoms with Gasteiger partial charge < -0.3 is 10.4 Å². The van der Waals surface area contributed by atoms with E-state index in [0.29, 0.717) is 16.9 Å². The van der Waals surface area contributed by atoms with E-state index < -0.39 is 0 Å². The van der Waals surface area contributed by atoms with Crippen molar-refractivity contribution >= 4 is 11.6 Å². The van der Waals surface area contributed by atoms with Crippen LogP contribution < -0.4 is 5.32 Å². The lowest BCUT2D eigenvalue weighted by molar-refractivity contribution is 0.102. The van der Waals surface area contributed by atoms with Crippen molar-refractivity contribution in [2.45, 2.75) is 13.5 Å². The maximum atomic E-state index is 12.0. The summed E-state index contributed by atoms with van der Waals surface area (Å²) in [6.45, 7) is 1.72. The second-order valence-corrected chi connectivity index (χ2v) is 3.93. The van der Waals surface area contributed by atoms with Crippen molar-refractivity contribution in [2.24, 2.45) is 0 Å². The molecule has 18 heavy (non-hydrogen) atoms. The van der Waals surface area contributed by atoms with Gasteiger partial charge in [0.1, 0.15) is 5.69 Å². The molecule has 2 N–H and O–H groups in total. The molecule has 1 amide bonds. The van der Waals surface area contributed by atoms with Gasteiger partial charge in [-0.05, 0) is 25.1 Å². The highest BCUT2D eigenvalue weighted by molar-refractivity contribution is 6.03. The highest BCUT2D eigenvalue weighted by atomic mass is 16.3. The number of rotatable bonds is 3. The van der Waals surface area contributed by atoms with Gasteiger partial charge >= 0.3 is 0 Å². The summed E-state index contributed by atoms with van der Waals surface area (Å²) in [6.07, 6.45) is 0. The molecule has 92 valence electrons. The molecule has 0 spiro atoms. The molecule has 0 aliphatic heterocycles. The van der Waals surface area contributed by atoms with Crippen molar-refractivity contribution in [3.05, 3.63) is 59.4 Å². The highest BCUT2D eigenvalue weighted by Gasteiger charge is 2.09. The van der Waals surface area contributed by atoms with E-state index in [0.717, 1.165) is 5.69 Å². The highest BCUT2D eigenvalue weighted by Crippen LogP contribution is 2.15. The smallest absolute Gasteiger partial charge is 0.274 e. The molecule has 0 bridgehead atoms. The van der Waals surface area contributed by atoms with Crippen LogP contribution >= 0.6 is 0 Å². The number of amides is 1. The zero-order chi connectivity index (χ0) is 13.0. The Morgan fingerprint density at radius 1 is 1.22 bits per heavy atom. The summed E-state index contributed by atoms with van der Waals surface area (Å²) in [5.41, 5.74) is 2.44. The van der Waals surface area contributed by atoms with Gasteiger partial charge in [-0.15, -0.1) is 0 Å².